The smallest absolute Gasteiger partial charge is 0.276 e. The van der Waals surface area contributed by atoms with Crippen LogP contribution in [0.2, 0.25) is 10.0 Å². The Morgan fingerprint density at radius 2 is 1.68 bits per heavy atom. The van der Waals surface area contributed by atoms with Gasteiger partial charge in [-0.15, -0.1) is 0 Å². The summed E-state index contributed by atoms with van der Waals surface area (Å²) in [5, 5.41) is 13.3. The molecule has 0 spiro atoms. The number of nitrogens with zero attached hydrogens (tertiary/aromatic N) is 4. The number of aryl methyl sites for hydroxylation is 3. The number of nitrogens with one attached hydrogen (secondary N) is 1. The normalized spacial score (nSPS) is 11.0. The Morgan fingerprint density at radius 3 is 2.35 bits per heavy atom. The first kappa shape index (κ1) is 23.9. The van der Waals surface area contributed by atoms with E-state index < -0.39 is 0 Å². The van der Waals surface area contributed by atoms with E-state index >= 15 is 0 Å². The second-order valence-electron chi connectivity index (χ2n) is 8.17. The zero-order chi connectivity index (χ0) is 24.4. The van der Waals surface area contributed by atoms with Crippen molar-refractivity contribution in [2.45, 2.75) is 41.0 Å². The molecule has 0 unspecified atom stereocenters. The van der Waals surface area contributed by atoms with Crippen molar-refractivity contribution in [3.05, 3.63) is 92.5 Å². The number of ether oxygens (including phenoxy) is 1. The van der Waals surface area contributed by atoms with Crippen molar-refractivity contribution in [3.8, 4) is 5.75 Å². The topological polar surface area (TPSA) is 74.0 Å². The van der Waals surface area contributed by atoms with Gasteiger partial charge in [-0.3, -0.25) is 9.48 Å². The van der Waals surface area contributed by atoms with E-state index in [4.69, 9.17) is 27.9 Å². The van der Waals surface area contributed by atoms with Crippen molar-refractivity contribution in [1.29, 1.82) is 0 Å². The van der Waals surface area contributed by atoms with Crippen LogP contribution in [0.15, 0.2) is 48.7 Å². The second-order valence-corrected chi connectivity index (χ2v) is 8.98. The number of aromatic nitrogens is 4. The van der Waals surface area contributed by atoms with Crippen molar-refractivity contribution in [3.63, 3.8) is 0 Å². The molecule has 2 aromatic heterocycles. The summed E-state index contributed by atoms with van der Waals surface area (Å²) in [7, 11) is 0. The van der Waals surface area contributed by atoms with E-state index in [0.717, 1.165) is 33.1 Å². The minimum absolute atomic E-state index is 0.172. The number of rotatable bonds is 7. The number of hydrogen-bond donors (Lipinski definition) is 1. The minimum atomic E-state index is -0.311. The average Bonchev–Trinajstić information content (AvgIpc) is 3.38. The molecular weight excluding hydrogens is 473 g/mol. The molecule has 4 aromatic rings. The number of benzene rings is 2. The molecule has 7 nitrogen and oxygen atoms in total. The molecule has 2 aromatic carbocycles. The second kappa shape index (κ2) is 9.91. The van der Waals surface area contributed by atoms with Crippen LogP contribution >= 0.6 is 23.2 Å². The Bertz CT molecular complexity index is 1320. The maximum absolute atomic E-state index is 12.8. The molecule has 1 N–H and O–H groups in total. The summed E-state index contributed by atoms with van der Waals surface area (Å²) in [4.78, 5) is 12.8. The summed E-state index contributed by atoms with van der Waals surface area (Å²) in [5.74, 6) is 0.384. The van der Waals surface area contributed by atoms with Crippen molar-refractivity contribution < 1.29 is 9.53 Å². The van der Waals surface area contributed by atoms with Gasteiger partial charge in [0, 0.05) is 16.2 Å². The summed E-state index contributed by atoms with van der Waals surface area (Å²) in [6.07, 6.45) is 1.70. The summed E-state index contributed by atoms with van der Waals surface area (Å²) < 4.78 is 9.24. The molecule has 0 saturated heterocycles. The van der Waals surface area contributed by atoms with Gasteiger partial charge >= 0.3 is 0 Å². The maximum Gasteiger partial charge on any atom is 0.276 e. The van der Waals surface area contributed by atoms with E-state index in [-0.39, 0.29) is 18.3 Å². The molecule has 1 amide bonds. The number of halogens is 2. The highest BCUT2D eigenvalue weighted by Crippen LogP contribution is 2.26. The van der Waals surface area contributed by atoms with Crippen molar-refractivity contribution in [1.82, 2.24) is 19.6 Å². The Balaban J connectivity index is 1.41. The zero-order valence-corrected chi connectivity index (χ0v) is 20.9. The largest absolute Gasteiger partial charge is 0.471 e. The van der Waals surface area contributed by atoms with Gasteiger partial charge in [-0.2, -0.15) is 10.2 Å². The van der Waals surface area contributed by atoms with E-state index in [9.17, 15) is 4.79 Å². The molecule has 0 aliphatic rings. The lowest BCUT2D eigenvalue weighted by Crippen LogP contribution is -2.15. The van der Waals surface area contributed by atoms with Crippen LogP contribution in [0.4, 0.5) is 5.69 Å². The third kappa shape index (κ3) is 5.26. The van der Waals surface area contributed by atoms with Crippen LogP contribution < -0.4 is 10.1 Å². The SMILES string of the molecule is Cc1cc(OCn2ccc(C(=O)Nc3c(C)nn(Cc4ccc(Cl)cc4)c3C)n2)cc(C)c1Cl. The van der Waals surface area contributed by atoms with E-state index in [1.807, 2.05) is 68.8 Å². The lowest BCUT2D eigenvalue weighted by Gasteiger charge is -2.10. The molecule has 176 valence electrons. The highest BCUT2D eigenvalue weighted by molar-refractivity contribution is 6.32. The van der Waals surface area contributed by atoms with E-state index in [0.29, 0.717) is 23.0 Å². The maximum atomic E-state index is 12.8. The first-order valence-electron chi connectivity index (χ1n) is 10.7. The molecule has 0 aliphatic heterocycles. The predicted octanol–water partition coefficient (Wildman–Crippen LogP) is 5.96. The third-order valence-electron chi connectivity index (χ3n) is 5.51. The van der Waals surface area contributed by atoms with Gasteiger partial charge in [0.1, 0.15) is 5.75 Å². The van der Waals surface area contributed by atoms with Crippen LogP contribution in [0.3, 0.4) is 0 Å². The van der Waals surface area contributed by atoms with Crippen molar-refractivity contribution in [2.75, 3.05) is 5.32 Å². The monoisotopic (exact) mass is 497 g/mol. The minimum Gasteiger partial charge on any atom is -0.471 e. The molecular formula is C25H25Cl2N5O2. The molecule has 0 radical (unpaired) electrons. The van der Waals surface area contributed by atoms with Crippen molar-refractivity contribution in [2.24, 2.45) is 0 Å². The van der Waals surface area contributed by atoms with E-state index in [1.54, 1.807) is 16.9 Å². The van der Waals surface area contributed by atoms with Gasteiger partial charge in [-0.05, 0) is 74.7 Å². The Labute approximate surface area is 208 Å². The quantitative estimate of drug-likeness (QED) is 0.341. The molecule has 0 aliphatic carbocycles. The van der Waals surface area contributed by atoms with Crippen LogP contribution in [0.25, 0.3) is 0 Å². The number of carbonyl (C=O) groups is 1. The number of hydrogen-bond acceptors (Lipinski definition) is 4. The van der Waals surface area contributed by atoms with Gasteiger partial charge < -0.3 is 10.1 Å². The number of anilines is 1. The Kier molecular flexibility index (Phi) is 6.95. The van der Waals surface area contributed by atoms with Crippen LogP contribution in [0.1, 0.15) is 38.6 Å². The van der Waals surface area contributed by atoms with Crippen LogP contribution in [-0.4, -0.2) is 25.5 Å². The van der Waals surface area contributed by atoms with Crippen LogP contribution in [0, 0.1) is 27.7 Å². The van der Waals surface area contributed by atoms with Gasteiger partial charge in [-0.1, -0.05) is 35.3 Å². The summed E-state index contributed by atoms with van der Waals surface area (Å²) >= 11 is 12.2. The zero-order valence-electron chi connectivity index (χ0n) is 19.4. The molecule has 9 heteroatoms. The average molecular weight is 498 g/mol. The van der Waals surface area contributed by atoms with Crippen LogP contribution in [0.5, 0.6) is 5.75 Å². The number of amides is 1. The van der Waals surface area contributed by atoms with Gasteiger partial charge in [0.15, 0.2) is 12.4 Å². The summed E-state index contributed by atoms with van der Waals surface area (Å²) in [5.41, 5.74) is 5.51. The molecule has 2 heterocycles. The lowest BCUT2D eigenvalue weighted by atomic mass is 10.1. The fraction of sp³-hybridized carbons (Fsp3) is 0.240. The third-order valence-corrected chi connectivity index (χ3v) is 6.36. The lowest BCUT2D eigenvalue weighted by molar-refractivity contribution is 0.102. The number of carbonyl (C=O) groups excluding carboxylic acids is 1. The fourth-order valence-electron chi connectivity index (χ4n) is 3.66. The van der Waals surface area contributed by atoms with Crippen LogP contribution in [-0.2, 0) is 13.3 Å². The van der Waals surface area contributed by atoms with Gasteiger partial charge in [0.05, 0.1) is 23.6 Å². The highest BCUT2D eigenvalue weighted by Gasteiger charge is 2.17. The molecule has 4 rings (SSSR count). The standard InChI is InChI=1S/C25H25Cl2N5O2/c1-15-11-21(12-16(2)23(15)27)34-14-31-10-9-22(30-31)25(33)28-24-17(3)29-32(18(24)4)13-19-5-7-20(26)8-6-19/h5-12H,13-14H2,1-4H3,(H,28,33). The summed E-state index contributed by atoms with van der Waals surface area (Å²) in [6, 6.07) is 13.0. The van der Waals surface area contributed by atoms with E-state index in [2.05, 4.69) is 15.5 Å². The summed E-state index contributed by atoms with van der Waals surface area (Å²) in [6.45, 7) is 8.40. The Morgan fingerprint density at radius 1 is 1.00 bits per heavy atom. The van der Waals surface area contributed by atoms with Gasteiger partial charge in [0.2, 0.25) is 0 Å². The van der Waals surface area contributed by atoms with Gasteiger partial charge in [-0.25, -0.2) is 4.68 Å². The first-order valence-corrected chi connectivity index (χ1v) is 11.5. The van der Waals surface area contributed by atoms with Gasteiger partial charge in [0.25, 0.3) is 5.91 Å². The fourth-order valence-corrected chi connectivity index (χ4v) is 3.89. The van der Waals surface area contributed by atoms with E-state index in [1.165, 1.54) is 0 Å². The Hall–Kier alpha value is -3.29. The molecule has 0 fully saturated rings. The predicted molar refractivity (Wildman–Crippen MR) is 134 cm³/mol. The molecule has 0 atom stereocenters. The first-order chi connectivity index (χ1) is 16.2. The highest BCUT2D eigenvalue weighted by atomic mass is 35.5. The van der Waals surface area contributed by atoms with Crippen molar-refractivity contribution >= 4 is 34.8 Å². The molecule has 0 saturated carbocycles. The molecule has 34 heavy (non-hydrogen) atoms. The molecule has 0 bridgehead atoms.